The van der Waals surface area contributed by atoms with E-state index in [0.717, 1.165) is 0 Å². The third-order valence-electron chi connectivity index (χ3n) is 0.719. The first-order valence-electron chi connectivity index (χ1n) is 3.58. The molecule has 0 N–H and O–H groups in total. The monoisotopic (exact) mass is 236 g/mol. The van der Waals surface area contributed by atoms with Gasteiger partial charge in [0.25, 0.3) is 0 Å². The second kappa shape index (κ2) is 4.03. The molecule has 0 heterocycles. The SMILES string of the molecule is CC(C)(C)OS(=O)(=O)OCC(F)(F)F. The number of hydrogen-bond donors (Lipinski definition) is 0. The predicted octanol–water partition coefficient (Wildman–Crippen LogP) is 1.63. The molecule has 0 bridgehead atoms. The molecule has 0 aromatic rings. The lowest BCUT2D eigenvalue weighted by Crippen LogP contribution is -2.28. The molecule has 0 fully saturated rings. The Morgan fingerprint density at radius 1 is 1.14 bits per heavy atom. The van der Waals surface area contributed by atoms with E-state index >= 15 is 0 Å². The molecule has 8 heteroatoms. The summed E-state index contributed by atoms with van der Waals surface area (Å²) < 4.78 is 64.1. The summed E-state index contributed by atoms with van der Waals surface area (Å²) in [6, 6.07) is 0. The zero-order chi connectivity index (χ0) is 11.6. The van der Waals surface area contributed by atoms with Crippen LogP contribution in [0.1, 0.15) is 20.8 Å². The predicted molar refractivity (Wildman–Crippen MR) is 41.8 cm³/mol. The van der Waals surface area contributed by atoms with Crippen molar-refractivity contribution in [3.8, 4) is 0 Å². The molecule has 0 saturated heterocycles. The fraction of sp³-hybridized carbons (Fsp3) is 1.00. The number of alkyl halides is 3. The summed E-state index contributed by atoms with van der Waals surface area (Å²) in [6.45, 7) is 2.25. The summed E-state index contributed by atoms with van der Waals surface area (Å²) in [5, 5.41) is 0. The van der Waals surface area contributed by atoms with E-state index in [1.54, 1.807) is 0 Å². The summed E-state index contributed by atoms with van der Waals surface area (Å²) in [5.41, 5.74) is -1.12. The summed E-state index contributed by atoms with van der Waals surface area (Å²) in [7, 11) is -4.59. The molecular weight excluding hydrogens is 225 g/mol. The van der Waals surface area contributed by atoms with Crippen LogP contribution in [0.3, 0.4) is 0 Å². The molecule has 0 spiro atoms. The van der Waals surface area contributed by atoms with Gasteiger partial charge in [-0.1, -0.05) is 0 Å². The molecule has 0 aliphatic carbocycles. The van der Waals surface area contributed by atoms with E-state index in [1.165, 1.54) is 20.8 Å². The Hall–Kier alpha value is -0.340. The van der Waals surface area contributed by atoms with E-state index in [1.807, 2.05) is 0 Å². The van der Waals surface area contributed by atoms with Gasteiger partial charge in [-0.15, -0.1) is 0 Å². The zero-order valence-electron chi connectivity index (χ0n) is 7.88. The van der Waals surface area contributed by atoms with Gasteiger partial charge in [-0.25, -0.2) is 8.37 Å². The summed E-state index contributed by atoms with van der Waals surface area (Å²) >= 11 is 0. The highest BCUT2D eigenvalue weighted by Crippen LogP contribution is 2.18. The molecular formula is C6H11F3O4S. The van der Waals surface area contributed by atoms with Gasteiger partial charge in [-0.3, -0.25) is 0 Å². The van der Waals surface area contributed by atoms with Crippen molar-refractivity contribution in [2.24, 2.45) is 0 Å². The average Bonchev–Trinajstić information content (AvgIpc) is 1.76. The quantitative estimate of drug-likeness (QED) is 0.747. The minimum Gasteiger partial charge on any atom is -0.242 e. The van der Waals surface area contributed by atoms with E-state index in [2.05, 4.69) is 8.37 Å². The van der Waals surface area contributed by atoms with Gasteiger partial charge in [0.15, 0.2) is 6.61 Å². The van der Waals surface area contributed by atoms with Crippen LogP contribution in [0.2, 0.25) is 0 Å². The Morgan fingerprint density at radius 2 is 1.57 bits per heavy atom. The van der Waals surface area contributed by atoms with Crippen molar-refractivity contribution in [1.29, 1.82) is 0 Å². The lowest BCUT2D eigenvalue weighted by atomic mass is 10.2. The van der Waals surface area contributed by atoms with Gasteiger partial charge in [0.2, 0.25) is 0 Å². The van der Waals surface area contributed by atoms with E-state index in [0.29, 0.717) is 0 Å². The van der Waals surface area contributed by atoms with Crippen molar-refractivity contribution >= 4 is 10.4 Å². The van der Waals surface area contributed by atoms with E-state index in [-0.39, 0.29) is 0 Å². The van der Waals surface area contributed by atoms with Crippen molar-refractivity contribution in [1.82, 2.24) is 0 Å². The Morgan fingerprint density at radius 3 is 1.86 bits per heavy atom. The van der Waals surface area contributed by atoms with Crippen molar-refractivity contribution in [2.45, 2.75) is 32.5 Å². The average molecular weight is 236 g/mol. The van der Waals surface area contributed by atoms with Gasteiger partial charge in [0, 0.05) is 0 Å². The summed E-state index contributed by atoms with van der Waals surface area (Å²) in [5.74, 6) is 0. The van der Waals surface area contributed by atoms with E-state index in [9.17, 15) is 21.6 Å². The normalized spacial score (nSPS) is 14.4. The third kappa shape index (κ3) is 8.27. The van der Waals surface area contributed by atoms with Crippen LogP contribution in [0.15, 0.2) is 0 Å². The molecule has 0 radical (unpaired) electrons. The van der Waals surface area contributed by atoms with Gasteiger partial charge in [-0.2, -0.15) is 21.6 Å². The molecule has 0 aromatic heterocycles. The van der Waals surface area contributed by atoms with Crippen LogP contribution in [-0.4, -0.2) is 26.8 Å². The minimum atomic E-state index is -4.70. The summed E-state index contributed by atoms with van der Waals surface area (Å²) in [4.78, 5) is 0. The van der Waals surface area contributed by atoms with Gasteiger partial charge < -0.3 is 0 Å². The van der Waals surface area contributed by atoms with E-state index in [4.69, 9.17) is 0 Å². The molecule has 4 nitrogen and oxygen atoms in total. The highest BCUT2D eigenvalue weighted by atomic mass is 32.3. The molecule has 0 atom stereocenters. The van der Waals surface area contributed by atoms with Gasteiger partial charge in [-0.05, 0) is 20.8 Å². The topological polar surface area (TPSA) is 52.6 Å². The smallest absolute Gasteiger partial charge is 0.242 e. The Kier molecular flexibility index (Phi) is 3.93. The van der Waals surface area contributed by atoms with Crippen LogP contribution >= 0.6 is 0 Å². The maximum Gasteiger partial charge on any atom is 0.413 e. The fourth-order valence-electron chi connectivity index (χ4n) is 0.469. The number of halogens is 3. The van der Waals surface area contributed by atoms with Crippen LogP contribution in [-0.2, 0) is 18.8 Å². The molecule has 0 rings (SSSR count). The molecule has 86 valence electrons. The van der Waals surface area contributed by atoms with Crippen molar-refractivity contribution in [3.63, 3.8) is 0 Å². The van der Waals surface area contributed by atoms with Gasteiger partial charge in [0.1, 0.15) is 0 Å². The number of rotatable bonds is 3. The molecule has 0 amide bonds. The van der Waals surface area contributed by atoms with Crippen LogP contribution in [0.4, 0.5) is 13.2 Å². The van der Waals surface area contributed by atoms with Crippen LogP contribution in [0.25, 0.3) is 0 Å². The zero-order valence-corrected chi connectivity index (χ0v) is 8.70. The maximum absolute atomic E-state index is 11.6. The summed E-state index contributed by atoms with van der Waals surface area (Å²) in [6.07, 6.45) is -4.70. The van der Waals surface area contributed by atoms with Crippen molar-refractivity contribution < 1.29 is 30.0 Å². The van der Waals surface area contributed by atoms with Crippen molar-refractivity contribution in [3.05, 3.63) is 0 Å². The van der Waals surface area contributed by atoms with Crippen LogP contribution in [0, 0.1) is 0 Å². The largest absolute Gasteiger partial charge is 0.413 e. The van der Waals surface area contributed by atoms with Gasteiger partial charge >= 0.3 is 16.6 Å². The standard InChI is InChI=1S/C6H11F3O4S/c1-5(2,3)13-14(10,11)12-4-6(7,8)9/h4H2,1-3H3. The highest BCUT2D eigenvalue weighted by Gasteiger charge is 2.32. The van der Waals surface area contributed by atoms with E-state index < -0.39 is 28.8 Å². The van der Waals surface area contributed by atoms with Crippen molar-refractivity contribution in [2.75, 3.05) is 6.61 Å². The lowest BCUT2D eigenvalue weighted by Gasteiger charge is -2.18. The molecule has 0 saturated carbocycles. The first-order chi connectivity index (χ1) is 5.91. The lowest BCUT2D eigenvalue weighted by molar-refractivity contribution is -0.155. The highest BCUT2D eigenvalue weighted by molar-refractivity contribution is 7.81. The van der Waals surface area contributed by atoms with Crippen LogP contribution < -0.4 is 0 Å². The second-order valence-corrected chi connectivity index (χ2v) is 4.70. The Balaban J connectivity index is 4.25. The number of hydrogen-bond acceptors (Lipinski definition) is 4. The Bertz CT molecular complexity index is 274. The first-order valence-corrected chi connectivity index (χ1v) is 4.91. The first kappa shape index (κ1) is 13.7. The maximum atomic E-state index is 11.6. The second-order valence-electron chi connectivity index (χ2n) is 3.48. The third-order valence-corrected chi connectivity index (χ3v) is 1.83. The molecule has 0 aliphatic heterocycles. The minimum absolute atomic E-state index is 1.12. The molecule has 0 aliphatic rings. The molecule has 0 aromatic carbocycles. The van der Waals surface area contributed by atoms with Gasteiger partial charge in [0.05, 0.1) is 5.60 Å². The van der Waals surface area contributed by atoms with Crippen LogP contribution in [0.5, 0.6) is 0 Å². The molecule has 0 unspecified atom stereocenters. The Labute approximate surface area is 80.3 Å². The molecule has 14 heavy (non-hydrogen) atoms. The fourth-order valence-corrected chi connectivity index (χ4v) is 1.41.